The SMILES string of the molecule is C1CC1.CCCCCCCCCCCCONCCC. The molecule has 1 N–H and O–H groups in total. The van der Waals surface area contributed by atoms with Gasteiger partial charge < -0.3 is 4.84 Å². The first-order valence-corrected chi connectivity index (χ1v) is 9.26. The standard InChI is InChI=1S/C15H33NO.C3H6/c1-3-5-6-7-8-9-10-11-12-13-15-17-16-14-4-2;1-2-3-1/h16H,3-15H2,1-2H3;1-3H2. The van der Waals surface area contributed by atoms with E-state index in [9.17, 15) is 0 Å². The van der Waals surface area contributed by atoms with Gasteiger partial charge in [-0.2, -0.15) is 0 Å². The fraction of sp³-hybridized carbons (Fsp3) is 1.00. The molecule has 0 atom stereocenters. The van der Waals surface area contributed by atoms with Crippen LogP contribution in [0.5, 0.6) is 0 Å². The molecule has 0 aromatic rings. The minimum atomic E-state index is 0.872. The van der Waals surface area contributed by atoms with Gasteiger partial charge in [0.1, 0.15) is 0 Å². The molecule has 0 saturated heterocycles. The molecular weight excluding hydrogens is 246 g/mol. The maximum absolute atomic E-state index is 5.30. The second-order valence-corrected chi connectivity index (χ2v) is 5.99. The first-order valence-electron chi connectivity index (χ1n) is 9.26. The molecule has 1 fully saturated rings. The summed E-state index contributed by atoms with van der Waals surface area (Å²) in [5, 5.41) is 0. The van der Waals surface area contributed by atoms with E-state index in [1.807, 2.05) is 0 Å². The van der Waals surface area contributed by atoms with Crippen LogP contribution in [0.2, 0.25) is 0 Å². The molecule has 0 aliphatic heterocycles. The molecule has 1 aliphatic carbocycles. The maximum Gasteiger partial charge on any atom is 0.0682 e. The number of hydroxylamine groups is 1. The van der Waals surface area contributed by atoms with E-state index >= 15 is 0 Å². The van der Waals surface area contributed by atoms with Crippen LogP contribution < -0.4 is 5.48 Å². The smallest absolute Gasteiger partial charge is 0.0682 e. The lowest BCUT2D eigenvalue weighted by atomic mass is 10.1. The van der Waals surface area contributed by atoms with E-state index in [1.54, 1.807) is 0 Å². The van der Waals surface area contributed by atoms with E-state index in [0.29, 0.717) is 0 Å². The summed E-state index contributed by atoms with van der Waals surface area (Å²) in [6.45, 7) is 6.27. The van der Waals surface area contributed by atoms with Gasteiger partial charge in [0.05, 0.1) is 6.61 Å². The third-order valence-corrected chi connectivity index (χ3v) is 3.41. The Kier molecular flexibility index (Phi) is 18.8. The van der Waals surface area contributed by atoms with E-state index in [4.69, 9.17) is 4.84 Å². The molecule has 0 bridgehead atoms. The van der Waals surface area contributed by atoms with Crippen molar-refractivity contribution in [1.82, 2.24) is 5.48 Å². The third kappa shape index (κ3) is 23.0. The van der Waals surface area contributed by atoms with Gasteiger partial charge in [0.15, 0.2) is 0 Å². The molecule has 20 heavy (non-hydrogen) atoms. The monoisotopic (exact) mass is 285 g/mol. The van der Waals surface area contributed by atoms with Crippen LogP contribution in [-0.4, -0.2) is 13.2 Å². The van der Waals surface area contributed by atoms with E-state index in [1.165, 1.54) is 83.5 Å². The zero-order chi connectivity index (χ0) is 14.7. The van der Waals surface area contributed by atoms with Crippen molar-refractivity contribution in [3.05, 3.63) is 0 Å². The summed E-state index contributed by atoms with van der Waals surface area (Å²) in [7, 11) is 0. The zero-order valence-electron chi connectivity index (χ0n) is 14.2. The molecule has 0 aromatic heterocycles. The molecule has 0 heterocycles. The first-order chi connectivity index (χ1) is 9.91. The van der Waals surface area contributed by atoms with E-state index in [2.05, 4.69) is 19.3 Å². The van der Waals surface area contributed by atoms with Gasteiger partial charge in [-0.15, -0.1) is 0 Å². The van der Waals surface area contributed by atoms with Gasteiger partial charge in [-0.25, -0.2) is 5.48 Å². The van der Waals surface area contributed by atoms with Crippen LogP contribution in [-0.2, 0) is 4.84 Å². The lowest BCUT2D eigenvalue weighted by Crippen LogP contribution is -2.15. The number of rotatable bonds is 14. The lowest BCUT2D eigenvalue weighted by Gasteiger charge is -2.04. The molecule has 0 unspecified atom stereocenters. The average Bonchev–Trinajstić information content (AvgIpc) is 3.32. The van der Waals surface area contributed by atoms with Gasteiger partial charge in [-0.05, 0) is 12.8 Å². The summed E-state index contributed by atoms with van der Waals surface area (Å²) >= 11 is 0. The normalized spacial score (nSPS) is 12.9. The molecule has 1 aliphatic rings. The predicted molar refractivity (Wildman–Crippen MR) is 89.9 cm³/mol. The predicted octanol–water partition coefficient (Wildman–Crippen LogP) is 6.01. The Hall–Kier alpha value is -0.0800. The van der Waals surface area contributed by atoms with Gasteiger partial charge in [0.2, 0.25) is 0 Å². The molecule has 0 amide bonds. The molecule has 0 aromatic carbocycles. The second kappa shape index (κ2) is 18.9. The highest BCUT2D eigenvalue weighted by Gasteiger charge is 1.95. The van der Waals surface area contributed by atoms with Crippen molar-refractivity contribution in [3.63, 3.8) is 0 Å². The van der Waals surface area contributed by atoms with Crippen LogP contribution in [0.25, 0.3) is 0 Å². The second-order valence-electron chi connectivity index (χ2n) is 5.99. The minimum Gasteiger partial charge on any atom is -0.302 e. The van der Waals surface area contributed by atoms with Crippen LogP contribution in [0, 0.1) is 0 Å². The van der Waals surface area contributed by atoms with Crippen molar-refractivity contribution in [1.29, 1.82) is 0 Å². The summed E-state index contributed by atoms with van der Waals surface area (Å²) in [6, 6.07) is 0. The quantitative estimate of drug-likeness (QED) is 0.312. The van der Waals surface area contributed by atoms with Crippen LogP contribution in [0.3, 0.4) is 0 Å². The van der Waals surface area contributed by atoms with Gasteiger partial charge >= 0.3 is 0 Å². The topological polar surface area (TPSA) is 21.3 Å². The lowest BCUT2D eigenvalue weighted by molar-refractivity contribution is 0.0387. The van der Waals surface area contributed by atoms with E-state index < -0.39 is 0 Å². The number of hydrogen-bond donors (Lipinski definition) is 1. The van der Waals surface area contributed by atoms with Crippen molar-refractivity contribution in [2.45, 2.75) is 104 Å². The highest BCUT2D eigenvalue weighted by atomic mass is 16.6. The van der Waals surface area contributed by atoms with Gasteiger partial charge in [0.25, 0.3) is 0 Å². The number of unbranched alkanes of at least 4 members (excludes halogenated alkanes) is 9. The van der Waals surface area contributed by atoms with Crippen LogP contribution in [0.4, 0.5) is 0 Å². The largest absolute Gasteiger partial charge is 0.302 e. The number of nitrogens with one attached hydrogen (secondary N) is 1. The molecule has 1 rings (SSSR count). The summed E-state index contributed by atoms with van der Waals surface area (Å²) in [4.78, 5) is 5.30. The summed E-state index contributed by atoms with van der Waals surface area (Å²) < 4.78 is 0. The van der Waals surface area contributed by atoms with Crippen molar-refractivity contribution in [2.75, 3.05) is 13.2 Å². The van der Waals surface area contributed by atoms with Crippen molar-refractivity contribution in [2.24, 2.45) is 0 Å². The highest BCUT2D eigenvalue weighted by Crippen LogP contribution is 2.14. The highest BCUT2D eigenvalue weighted by molar-refractivity contribution is 4.50. The zero-order valence-corrected chi connectivity index (χ0v) is 14.2. The third-order valence-electron chi connectivity index (χ3n) is 3.41. The summed E-state index contributed by atoms with van der Waals surface area (Å²) in [5.41, 5.74) is 2.97. The molecule has 0 radical (unpaired) electrons. The van der Waals surface area contributed by atoms with Crippen LogP contribution >= 0.6 is 0 Å². The van der Waals surface area contributed by atoms with Gasteiger partial charge in [-0.1, -0.05) is 90.9 Å². The van der Waals surface area contributed by atoms with Gasteiger partial charge in [-0.3, -0.25) is 0 Å². The molecule has 122 valence electrons. The first kappa shape index (κ1) is 19.9. The summed E-state index contributed by atoms with van der Waals surface area (Å²) in [5.74, 6) is 0. The maximum atomic E-state index is 5.30. The van der Waals surface area contributed by atoms with Crippen molar-refractivity contribution in [3.8, 4) is 0 Å². The molecular formula is C18H39NO. The molecule has 2 nitrogen and oxygen atoms in total. The van der Waals surface area contributed by atoms with Crippen molar-refractivity contribution >= 4 is 0 Å². The Morgan fingerprint density at radius 3 is 1.60 bits per heavy atom. The Morgan fingerprint density at radius 1 is 0.650 bits per heavy atom. The Bertz CT molecular complexity index is 143. The van der Waals surface area contributed by atoms with Crippen molar-refractivity contribution < 1.29 is 4.84 Å². The Balaban J connectivity index is 0.00000105. The van der Waals surface area contributed by atoms with Gasteiger partial charge in [0, 0.05) is 6.54 Å². The Morgan fingerprint density at radius 2 is 1.15 bits per heavy atom. The molecule has 1 saturated carbocycles. The molecule has 2 heteroatoms. The fourth-order valence-electron chi connectivity index (χ4n) is 1.91. The van der Waals surface area contributed by atoms with Crippen LogP contribution in [0.1, 0.15) is 104 Å². The van der Waals surface area contributed by atoms with E-state index in [-0.39, 0.29) is 0 Å². The minimum absolute atomic E-state index is 0.872. The van der Waals surface area contributed by atoms with E-state index in [0.717, 1.165) is 19.6 Å². The number of hydrogen-bond acceptors (Lipinski definition) is 2. The summed E-state index contributed by atoms with van der Waals surface area (Å²) in [6.07, 6.45) is 19.5. The van der Waals surface area contributed by atoms with Crippen LogP contribution in [0.15, 0.2) is 0 Å². The Labute approximate surface area is 128 Å². The molecule has 0 spiro atoms. The average molecular weight is 286 g/mol. The fourth-order valence-corrected chi connectivity index (χ4v) is 1.91.